The molecule has 3 aromatic heterocycles. The van der Waals surface area contributed by atoms with Gasteiger partial charge in [-0.1, -0.05) is 43.7 Å². The van der Waals surface area contributed by atoms with Crippen molar-refractivity contribution in [2.24, 2.45) is 0 Å². The van der Waals surface area contributed by atoms with E-state index < -0.39 is 5.82 Å². The Balaban J connectivity index is 1.50. The van der Waals surface area contributed by atoms with Gasteiger partial charge in [-0.15, -0.1) is 10.2 Å². The first-order valence-electron chi connectivity index (χ1n) is 12.0. The highest BCUT2D eigenvalue weighted by atomic mass is 19.1. The number of H-pyrrole nitrogens is 1. The number of halogens is 1. The topological polar surface area (TPSA) is 104 Å². The molecule has 5 aromatic rings. The number of imidazole rings is 1. The van der Waals surface area contributed by atoms with Crippen molar-refractivity contribution in [3.05, 3.63) is 94.7 Å². The van der Waals surface area contributed by atoms with Crippen molar-refractivity contribution in [1.29, 1.82) is 0 Å². The number of methoxy groups -OCH3 is 1. The van der Waals surface area contributed by atoms with E-state index in [0.717, 1.165) is 40.8 Å². The number of pyridine rings is 1. The van der Waals surface area contributed by atoms with Crippen LogP contribution in [0.4, 0.5) is 4.39 Å². The van der Waals surface area contributed by atoms with Crippen LogP contribution in [0.15, 0.2) is 71.9 Å². The first-order valence-corrected chi connectivity index (χ1v) is 12.0. The van der Waals surface area contributed by atoms with Crippen LogP contribution in [0.3, 0.4) is 0 Å². The molecule has 0 radical (unpaired) electrons. The smallest absolute Gasteiger partial charge is 0.333 e. The number of hydrogen-bond acceptors (Lipinski definition) is 6. The Kier molecular flexibility index (Phi) is 6.89. The number of nitrogens with zero attached hydrogens (tertiary/aromatic N) is 6. The molecule has 188 valence electrons. The molecule has 0 bridgehead atoms. The minimum absolute atomic E-state index is 0.118. The Bertz CT molecular complexity index is 1560. The lowest BCUT2D eigenvalue weighted by Crippen LogP contribution is -2.25. The number of ether oxygens (including phenoxy) is 1. The van der Waals surface area contributed by atoms with E-state index in [2.05, 4.69) is 32.5 Å². The quantitative estimate of drug-likeness (QED) is 0.322. The molecule has 5 rings (SSSR count). The van der Waals surface area contributed by atoms with Gasteiger partial charge in [-0.3, -0.25) is 14.1 Å². The van der Waals surface area contributed by atoms with Crippen LogP contribution >= 0.6 is 0 Å². The minimum Gasteiger partial charge on any atom is -0.494 e. The third kappa shape index (κ3) is 4.77. The van der Waals surface area contributed by atoms with Crippen molar-refractivity contribution in [3.63, 3.8) is 0 Å². The summed E-state index contributed by atoms with van der Waals surface area (Å²) in [6.45, 7) is 2.45. The molecule has 0 aliphatic rings. The second-order valence-electron chi connectivity index (χ2n) is 8.61. The second kappa shape index (κ2) is 10.6. The Morgan fingerprint density at radius 3 is 2.65 bits per heavy atom. The van der Waals surface area contributed by atoms with Crippen molar-refractivity contribution < 1.29 is 9.13 Å². The highest BCUT2D eigenvalue weighted by Gasteiger charge is 2.19. The van der Waals surface area contributed by atoms with Gasteiger partial charge in [0.2, 0.25) is 5.82 Å². The van der Waals surface area contributed by atoms with Gasteiger partial charge < -0.3 is 4.74 Å². The molecular formula is C27H26FN7O2. The summed E-state index contributed by atoms with van der Waals surface area (Å²) >= 11 is 0. The van der Waals surface area contributed by atoms with Crippen molar-refractivity contribution in [2.75, 3.05) is 7.11 Å². The Morgan fingerprint density at radius 1 is 1.08 bits per heavy atom. The molecule has 10 heteroatoms. The van der Waals surface area contributed by atoms with E-state index in [1.165, 1.54) is 17.7 Å². The third-order valence-electron chi connectivity index (χ3n) is 6.27. The van der Waals surface area contributed by atoms with E-state index in [4.69, 9.17) is 4.74 Å². The number of aromatic nitrogens is 7. The molecule has 0 aliphatic carbocycles. The van der Waals surface area contributed by atoms with E-state index in [1.807, 2.05) is 30.3 Å². The van der Waals surface area contributed by atoms with Crippen LogP contribution in [0.25, 0.3) is 28.2 Å². The second-order valence-corrected chi connectivity index (χ2v) is 8.61. The summed E-state index contributed by atoms with van der Waals surface area (Å²) in [5.41, 5.74) is 4.20. The molecule has 0 unspecified atom stereocenters. The highest BCUT2D eigenvalue weighted by molar-refractivity contribution is 5.79. The summed E-state index contributed by atoms with van der Waals surface area (Å²) in [6, 6.07) is 14.3. The van der Waals surface area contributed by atoms with Gasteiger partial charge in [-0.05, 0) is 47.4 Å². The fourth-order valence-electron chi connectivity index (χ4n) is 4.38. The lowest BCUT2D eigenvalue weighted by atomic mass is 10.0. The van der Waals surface area contributed by atoms with E-state index in [9.17, 15) is 9.18 Å². The first-order chi connectivity index (χ1) is 18.1. The van der Waals surface area contributed by atoms with Gasteiger partial charge in [0.25, 0.3) is 0 Å². The average molecular weight is 500 g/mol. The van der Waals surface area contributed by atoms with Crippen LogP contribution in [0, 0.1) is 5.82 Å². The number of aryl methyl sites for hydroxylation is 1. The largest absolute Gasteiger partial charge is 0.494 e. The van der Waals surface area contributed by atoms with Crippen LogP contribution in [-0.2, 0) is 13.0 Å². The fourth-order valence-corrected chi connectivity index (χ4v) is 4.38. The van der Waals surface area contributed by atoms with Crippen LogP contribution in [0.5, 0.6) is 5.75 Å². The SMILES string of the molecule is CCCCc1cn(-c2c(F)cccc2OC)c(=O)n1Cc1ccc(-c2cnccc2-c2nn[nH]n2)cc1. The summed E-state index contributed by atoms with van der Waals surface area (Å²) in [4.78, 5) is 17.8. The molecule has 0 spiro atoms. The molecule has 37 heavy (non-hydrogen) atoms. The van der Waals surface area contributed by atoms with E-state index in [-0.39, 0.29) is 11.4 Å². The maximum Gasteiger partial charge on any atom is 0.333 e. The number of benzene rings is 2. The van der Waals surface area contributed by atoms with Crippen molar-refractivity contribution in [2.45, 2.75) is 32.7 Å². The number of para-hydroxylation sites is 1. The van der Waals surface area contributed by atoms with Gasteiger partial charge in [-0.2, -0.15) is 5.21 Å². The molecule has 2 aromatic carbocycles. The van der Waals surface area contributed by atoms with Crippen molar-refractivity contribution >= 4 is 0 Å². The lowest BCUT2D eigenvalue weighted by Gasteiger charge is -2.10. The van der Waals surface area contributed by atoms with Gasteiger partial charge in [0.15, 0.2) is 5.82 Å². The maximum atomic E-state index is 14.8. The molecule has 1 N–H and O–H groups in total. The monoisotopic (exact) mass is 499 g/mol. The molecule has 0 amide bonds. The molecular weight excluding hydrogens is 473 g/mol. The predicted molar refractivity (Wildman–Crippen MR) is 137 cm³/mol. The zero-order valence-corrected chi connectivity index (χ0v) is 20.6. The maximum absolute atomic E-state index is 14.8. The van der Waals surface area contributed by atoms with Crippen LogP contribution in [-0.4, -0.2) is 41.9 Å². The van der Waals surface area contributed by atoms with Crippen LogP contribution < -0.4 is 10.4 Å². The molecule has 0 aliphatic heterocycles. The third-order valence-corrected chi connectivity index (χ3v) is 6.27. The van der Waals surface area contributed by atoms with Crippen molar-refractivity contribution in [3.8, 4) is 34.0 Å². The highest BCUT2D eigenvalue weighted by Crippen LogP contribution is 2.29. The fraction of sp³-hybridized carbons (Fsp3) is 0.222. The molecule has 0 atom stereocenters. The summed E-state index contributed by atoms with van der Waals surface area (Å²) < 4.78 is 23.2. The number of unbranched alkanes of at least 4 members (excludes halogenated alkanes) is 1. The van der Waals surface area contributed by atoms with Crippen LogP contribution in [0.2, 0.25) is 0 Å². The average Bonchev–Trinajstić information content (AvgIpc) is 3.57. The normalized spacial score (nSPS) is 11.1. The molecule has 9 nitrogen and oxygen atoms in total. The summed E-state index contributed by atoms with van der Waals surface area (Å²) in [7, 11) is 1.46. The van der Waals surface area contributed by atoms with Gasteiger partial charge >= 0.3 is 5.69 Å². The summed E-state index contributed by atoms with van der Waals surface area (Å²) in [5.74, 6) is 0.275. The molecule has 0 saturated heterocycles. The number of rotatable bonds is 9. The molecule has 0 fully saturated rings. The zero-order valence-electron chi connectivity index (χ0n) is 20.6. The van der Waals surface area contributed by atoms with Gasteiger partial charge in [0.05, 0.1) is 13.7 Å². The van der Waals surface area contributed by atoms with Gasteiger partial charge in [0, 0.05) is 35.4 Å². The molecule has 0 saturated carbocycles. The van der Waals surface area contributed by atoms with E-state index in [1.54, 1.807) is 35.3 Å². The van der Waals surface area contributed by atoms with E-state index >= 15 is 0 Å². The predicted octanol–water partition coefficient (Wildman–Crippen LogP) is 4.42. The first kappa shape index (κ1) is 24.1. The summed E-state index contributed by atoms with van der Waals surface area (Å²) in [5, 5.41) is 14.3. The van der Waals surface area contributed by atoms with E-state index in [0.29, 0.717) is 24.5 Å². The number of nitrogens with one attached hydrogen (secondary N) is 1. The number of tetrazole rings is 1. The Morgan fingerprint density at radius 2 is 1.92 bits per heavy atom. The van der Waals surface area contributed by atoms with Gasteiger partial charge in [0.1, 0.15) is 11.4 Å². The minimum atomic E-state index is -0.515. The zero-order chi connectivity index (χ0) is 25.8. The molecule has 3 heterocycles. The summed E-state index contributed by atoms with van der Waals surface area (Å²) in [6.07, 6.45) is 7.76. The van der Waals surface area contributed by atoms with Crippen LogP contribution in [0.1, 0.15) is 31.0 Å². The van der Waals surface area contributed by atoms with Gasteiger partial charge in [-0.25, -0.2) is 9.18 Å². The Labute approximate surface area is 212 Å². The Hall–Kier alpha value is -4.60. The van der Waals surface area contributed by atoms with Crippen molar-refractivity contribution in [1.82, 2.24) is 34.7 Å². The lowest BCUT2D eigenvalue weighted by molar-refractivity contribution is 0.408. The number of hydrogen-bond donors (Lipinski definition) is 1. The standard InChI is InChI=1S/C27H26FN7O2/c1-3-4-6-20-17-35(25-23(28)7-5-8-24(25)37-2)27(36)34(20)16-18-9-11-19(12-10-18)22-15-29-14-13-21(22)26-30-32-33-31-26/h5,7-15,17H,3-4,6,16H2,1-2H3,(H,30,31,32,33). The number of aromatic amines is 1.